The van der Waals surface area contributed by atoms with Crippen molar-refractivity contribution in [3.63, 3.8) is 0 Å². The predicted molar refractivity (Wildman–Crippen MR) is 117 cm³/mol. The fourth-order valence-corrected chi connectivity index (χ4v) is 3.69. The zero-order valence-corrected chi connectivity index (χ0v) is 18.4. The molecule has 0 fully saturated rings. The van der Waals surface area contributed by atoms with Crippen LogP contribution in [0.4, 0.5) is 4.79 Å². The van der Waals surface area contributed by atoms with E-state index in [-0.39, 0.29) is 18.4 Å². The van der Waals surface area contributed by atoms with Crippen molar-refractivity contribution in [2.45, 2.75) is 25.1 Å². The number of carbonyl (C=O) groups excluding carboxylic acids is 2. The molecule has 1 aromatic heterocycles. The van der Waals surface area contributed by atoms with Gasteiger partial charge in [-0.3, -0.25) is 10.1 Å². The molecule has 1 aliphatic heterocycles. The standard InChI is InChI=1S/C21H22N6O4S/c1-13-7-8-15(9-14(13)2)27-21(24-25-26-27)32-12-19(28)23-20(29)22-10-16-11-30-17-5-3-4-6-18(17)31-16/h3-9,16H,10-12H2,1-2H3,(H2,22,23,28,29). The highest BCUT2D eigenvalue weighted by Crippen LogP contribution is 2.30. The van der Waals surface area contributed by atoms with Crippen LogP contribution in [-0.2, 0) is 4.79 Å². The van der Waals surface area contributed by atoms with E-state index in [1.54, 1.807) is 10.7 Å². The lowest BCUT2D eigenvalue weighted by molar-refractivity contribution is -0.117. The summed E-state index contributed by atoms with van der Waals surface area (Å²) in [5.41, 5.74) is 3.07. The Morgan fingerprint density at radius 2 is 1.97 bits per heavy atom. The number of urea groups is 1. The first-order valence-electron chi connectivity index (χ1n) is 9.94. The Hall–Kier alpha value is -3.60. The Kier molecular flexibility index (Phi) is 6.55. The largest absolute Gasteiger partial charge is 0.486 e. The van der Waals surface area contributed by atoms with Gasteiger partial charge in [-0.2, -0.15) is 4.68 Å². The summed E-state index contributed by atoms with van der Waals surface area (Å²) in [6, 6.07) is 12.6. The van der Waals surface area contributed by atoms with Crippen LogP contribution < -0.4 is 20.1 Å². The number of ether oxygens (including phenoxy) is 2. The fourth-order valence-electron chi connectivity index (χ4n) is 3.00. The third-order valence-corrected chi connectivity index (χ3v) is 5.74. The van der Waals surface area contributed by atoms with Gasteiger partial charge in [-0.1, -0.05) is 30.0 Å². The van der Waals surface area contributed by atoms with E-state index in [1.807, 2.05) is 50.2 Å². The van der Waals surface area contributed by atoms with Crippen molar-refractivity contribution in [3.8, 4) is 17.2 Å². The lowest BCUT2D eigenvalue weighted by Crippen LogP contribution is -2.46. The number of hydrogen-bond donors (Lipinski definition) is 2. The first kappa shape index (κ1) is 21.6. The molecule has 0 saturated heterocycles. The number of fused-ring (bicyclic) bond motifs is 1. The summed E-state index contributed by atoms with van der Waals surface area (Å²) in [4.78, 5) is 24.3. The molecule has 0 aliphatic carbocycles. The average molecular weight is 455 g/mol. The minimum atomic E-state index is -0.605. The number of imide groups is 1. The Morgan fingerprint density at radius 1 is 1.16 bits per heavy atom. The maximum atomic E-state index is 12.2. The van der Waals surface area contributed by atoms with E-state index >= 15 is 0 Å². The van der Waals surface area contributed by atoms with Crippen molar-refractivity contribution >= 4 is 23.7 Å². The summed E-state index contributed by atoms with van der Waals surface area (Å²) in [7, 11) is 0. The van der Waals surface area contributed by atoms with E-state index in [4.69, 9.17) is 9.47 Å². The molecule has 2 heterocycles. The number of thioether (sulfide) groups is 1. The van der Waals surface area contributed by atoms with Gasteiger partial charge in [0.15, 0.2) is 17.6 Å². The van der Waals surface area contributed by atoms with Crippen LogP contribution in [0.1, 0.15) is 11.1 Å². The van der Waals surface area contributed by atoms with E-state index in [0.29, 0.717) is 23.3 Å². The number of benzene rings is 2. The number of tetrazole rings is 1. The first-order chi connectivity index (χ1) is 15.5. The lowest BCUT2D eigenvalue weighted by atomic mass is 10.1. The molecule has 3 amide bonds. The number of nitrogens with one attached hydrogen (secondary N) is 2. The summed E-state index contributed by atoms with van der Waals surface area (Å²) in [6.45, 7) is 4.54. The molecule has 1 aliphatic rings. The van der Waals surface area contributed by atoms with Crippen LogP contribution >= 0.6 is 11.8 Å². The smallest absolute Gasteiger partial charge is 0.321 e. The van der Waals surface area contributed by atoms with E-state index in [9.17, 15) is 9.59 Å². The second kappa shape index (κ2) is 9.69. The number of aryl methyl sites for hydroxylation is 2. The molecule has 0 bridgehead atoms. The number of carbonyl (C=O) groups is 2. The number of aromatic nitrogens is 4. The van der Waals surface area contributed by atoms with Gasteiger partial charge in [0, 0.05) is 0 Å². The van der Waals surface area contributed by atoms with Crippen molar-refractivity contribution in [1.29, 1.82) is 0 Å². The molecule has 3 aromatic rings. The molecule has 4 rings (SSSR count). The zero-order valence-electron chi connectivity index (χ0n) is 17.6. The van der Waals surface area contributed by atoms with Gasteiger partial charge >= 0.3 is 6.03 Å². The second-order valence-electron chi connectivity index (χ2n) is 7.19. The molecule has 2 aromatic carbocycles. The Bertz CT molecular complexity index is 1130. The molecular weight excluding hydrogens is 432 g/mol. The van der Waals surface area contributed by atoms with Crippen LogP contribution in [0.15, 0.2) is 47.6 Å². The molecule has 0 radical (unpaired) electrons. The highest BCUT2D eigenvalue weighted by Gasteiger charge is 2.21. The number of para-hydroxylation sites is 2. The molecular formula is C21H22N6O4S. The number of nitrogens with zero attached hydrogens (tertiary/aromatic N) is 4. The van der Waals surface area contributed by atoms with E-state index in [1.165, 1.54) is 0 Å². The molecule has 2 N–H and O–H groups in total. The molecule has 0 spiro atoms. The van der Waals surface area contributed by atoms with Gasteiger partial charge in [0.25, 0.3) is 0 Å². The molecule has 0 saturated carbocycles. The van der Waals surface area contributed by atoms with Gasteiger partial charge in [0.05, 0.1) is 18.0 Å². The van der Waals surface area contributed by atoms with Gasteiger partial charge in [-0.05, 0) is 59.7 Å². The van der Waals surface area contributed by atoms with Crippen molar-refractivity contribution in [3.05, 3.63) is 53.6 Å². The Labute approximate surface area is 188 Å². The summed E-state index contributed by atoms with van der Waals surface area (Å²) in [6.07, 6.45) is -0.345. The van der Waals surface area contributed by atoms with Crippen molar-refractivity contribution in [1.82, 2.24) is 30.8 Å². The van der Waals surface area contributed by atoms with Crippen molar-refractivity contribution in [2.24, 2.45) is 0 Å². The highest BCUT2D eigenvalue weighted by atomic mass is 32.2. The van der Waals surface area contributed by atoms with Crippen LogP contribution in [0.5, 0.6) is 11.5 Å². The predicted octanol–water partition coefficient (Wildman–Crippen LogP) is 2.04. The summed E-state index contributed by atoms with van der Waals surface area (Å²) in [5, 5.41) is 17.0. The first-order valence-corrected chi connectivity index (χ1v) is 10.9. The normalized spacial score (nSPS) is 14.6. The maximum absolute atomic E-state index is 12.2. The minimum absolute atomic E-state index is 0.0188. The third-order valence-electron chi connectivity index (χ3n) is 4.82. The van der Waals surface area contributed by atoms with Crippen molar-refractivity contribution < 1.29 is 19.1 Å². The molecule has 11 heteroatoms. The molecule has 32 heavy (non-hydrogen) atoms. The summed E-state index contributed by atoms with van der Waals surface area (Å²) < 4.78 is 12.9. The van der Waals surface area contributed by atoms with Crippen LogP contribution in [0.3, 0.4) is 0 Å². The zero-order chi connectivity index (χ0) is 22.5. The van der Waals surface area contributed by atoms with Crippen LogP contribution in [0.2, 0.25) is 0 Å². The summed E-state index contributed by atoms with van der Waals surface area (Å²) in [5.74, 6) is 0.812. The van der Waals surface area contributed by atoms with E-state index in [0.717, 1.165) is 28.6 Å². The molecule has 166 valence electrons. The van der Waals surface area contributed by atoms with E-state index < -0.39 is 11.9 Å². The topological polar surface area (TPSA) is 120 Å². The lowest BCUT2D eigenvalue weighted by Gasteiger charge is -2.26. The number of amides is 3. The SMILES string of the molecule is Cc1ccc(-n2nnnc2SCC(=O)NC(=O)NCC2COc3ccccc3O2)cc1C. The Balaban J connectivity index is 1.24. The fraction of sp³-hybridized carbons (Fsp3) is 0.286. The van der Waals surface area contributed by atoms with Crippen LogP contribution in [0, 0.1) is 13.8 Å². The molecule has 1 atom stereocenters. The number of rotatable bonds is 6. The van der Waals surface area contributed by atoms with Gasteiger partial charge in [-0.25, -0.2) is 4.79 Å². The van der Waals surface area contributed by atoms with Gasteiger partial charge in [-0.15, -0.1) is 5.10 Å². The second-order valence-corrected chi connectivity index (χ2v) is 8.13. The average Bonchev–Trinajstić information content (AvgIpc) is 3.26. The van der Waals surface area contributed by atoms with Gasteiger partial charge in [0.2, 0.25) is 11.1 Å². The van der Waals surface area contributed by atoms with Crippen LogP contribution in [0.25, 0.3) is 5.69 Å². The molecule has 10 nitrogen and oxygen atoms in total. The Morgan fingerprint density at radius 3 is 2.78 bits per heavy atom. The van der Waals surface area contributed by atoms with Crippen LogP contribution in [-0.4, -0.2) is 57.2 Å². The third kappa shape index (κ3) is 5.17. The summed E-state index contributed by atoms with van der Waals surface area (Å²) >= 11 is 1.14. The minimum Gasteiger partial charge on any atom is -0.486 e. The molecule has 1 unspecified atom stereocenters. The highest BCUT2D eigenvalue weighted by molar-refractivity contribution is 7.99. The van der Waals surface area contributed by atoms with Gasteiger partial charge in [0.1, 0.15) is 6.61 Å². The van der Waals surface area contributed by atoms with Gasteiger partial charge < -0.3 is 14.8 Å². The number of hydrogen-bond acceptors (Lipinski definition) is 8. The quantitative estimate of drug-likeness (QED) is 0.543. The van der Waals surface area contributed by atoms with E-state index in [2.05, 4.69) is 26.2 Å². The maximum Gasteiger partial charge on any atom is 0.321 e. The monoisotopic (exact) mass is 454 g/mol. The van der Waals surface area contributed by atoms with Crippen molar-refractivity contribution in [2.75, 3.05) is 18.9 Å².